The number of ether oxygens (including phenoxy) is 2. The van der Waals surface area contributed by atoms with Gasteiger partial charge in [0.2, 0.25) is 0 Å². The number of rotatable bonds is 7. The van der Waals surface area contributed by atoms with Crippen LogP contribution in [0.2, 0.25) is 0 Å². The highest BCUT2D eigenvalue weighted by Crippen LogP contribution is 2.17. The molecule has 0 aromatic rings. The maximum Gasteiger partial charge on any atom is 0.333 e. The standard InChI is InChI=1S/C12H21O4/c1-9(2)11(13)16-8-6-7-10(15-5)12(3,4)14/h10H,1,6-8H2,2-5H3. The molecule has 0 spiro atoms. The fourth-order valence-electron chi connectivity index (χ4n) is 1.31. The van der Waals surface area contributed by atoms with Crippen LogP contribution in [-0.4, -0.2) is 31.4 Å². The van der Waals surface area contributed by atoms with Crippen molar-refractivity contribution in [2.24, 2.45) is 0 Å². The predicted octanol–water partition coefficient (Wildman–Crippen LogP) is 2.11. The quantitative estimate of drug-likeness (QED) is 0.381. The summed E-state index contributed by atoms with van der Waals surface area (Å²) in [5, 5.41) is 11.6. The Morgan fingerprint density at radius 3 is 2.38 bits per heavy atom. The van der Waals surface area contributed by atoms with Crippen molar-refractivity contribution in [3.63, 3.8) is 0 Å². The number of methoxy groups -OCH3 is 1. The monoisotopic (exact) mass is 229 g/mol. The molecule has 1 atom stereocenters. The highest BCUT2D eigenvalue weighted by molar-refractivity contribution is 5.86. The molecule has 0 aliphatic heterocycles. The van der Waals surface area contributed by atoms with Crippen molar-refractivity contribution in [1.29, 1.82) is 0 Å². The smallest absolute Gasteiger partial charge is 0.333 e. The van der Waals surface area contributed by atoms with Crippen molar-refractivity contribution >= 4 is 5.97 Å². The van der Waals surface area contributed by atoms with Gasteiger partial charge in [-0.1, -0.05) is 6.58 Å². The first-order valence-corrected chi connectivity index (χ1v) is 5.35. The van der Waals surface area contributed by atoms with Gasteiger partial charge in [0.05, 0.1) is 12.7 Å². The molecule has 0 aliphatic carbocycles. The lowest BCUT2D eigenvalue weighted by atomic mass is 9.98. The molecule has 1 unspecified atom stereocenters. The molecule has 0 heterocycles. The summed E-state index contributed by atoms with van der Waals surface area (Å²) in [6, 6.07) is 0. The Bertz CT molecular complexity index is 240. The van der Waals surface area contributed by atoms with E-state index in [9.17, 15) is 9.90 Å². The lowest BCUT2D eigenvalue weighted by Gasteiger charge is -2.25. The molecule has 0 N–H and O–H groups in total. The summed E-state index contributed by atoms with van der Waals surface area (Å²) in [6.07, 6.45) is 0.829. The predicted molar refractivity (Wildman–Crippen MR) is 60.6 cm³/mol. The largest absolute Gasteiger partial charge is 0.462 e. The van der Waals surface area contributed by atoms with Gasteiger partial charge < -0.3 is 9.47 Å². The third kappa shape index (κ3) is 5.88. The van der Waals surface area contributed by atoms with Crippen molar-refractivity contribution in [3.8, 4) is 0 Å². The molecule has 0 aliphatic rings. The van der Waals surface area contributed by atoms with Crippen LogP contribution >= 0.6 is 0 Å². The normalized spacial score (nSPS) is 13.3. The highest BCUT2D eigenvalue weighted by atomic mass is 16.5. The number of hydrogen-bond acceptors (Lipinski definition) is 3. The van der Waals surface area contributed by atoms with E-state index in [-0.39, 0.29) is 6.10 Å². The topological polar surface area (TPSA) is 55.4 Å². The zero-order chi connectivity index (χ0) is 12.8. The Hall–Kier alpha value is -0.870. The third-order valence-electron chi connectivity index (χ3n) is 2.25. The molecule has 0 amide bonds. The van der Waals surface area contributed by atoms with Crippen LogP contribution in [0.25, 0.3) is 0 Å². The molecule has 0 rings (SSSR count). The fraction of sp³-hybridized carbons (Fsp3) is 0.750. The molecule has 4 heteroatoms. The summed E-state index contributed by atoms with van der Waals surface area (Å²) in [5.74, 6) is -0.393. The minimum atomic E-state index is -1.13. The number of esters is 1. The molecule has 4 nitrogen and oxygen atoms in total. The number of carbonyl (C=O) groups excluding carboxylic acids is 1. The van der Waals surface area contributed by atoms with Crippen LogP contribution < -0.4 is 0 Å². The minimum absolute atomic E-state index is 0.293. The van der Waals surface area contributed by atoms with Crippen LogP contribution in [-0.2, 0) is 19.4 Å². The van der Waals surface area contributed by atoms with E-state index in [1.165, 1.54) is 7.11 Å². The van der Waals surface area contributed by atoms with Gasteiger partial charge in [-0.15, -0.1) is 0 Å². The molecule has 0 saturated carbocycles. The van der Waals surface area contributed by atoms with E-state index in [0.717, 1.165) is 0 Å². The first-order valence-electron chi connectivity index (χ1n) is 5.35. The van der Waals surface area contributed by atoms with Gasteiger partial charge in [-0.25, -0.2) is 9.90 Å². The molecule has 0 aromatic heterocycles. The summed E-state index contributed by atoms with van der Waals surface area (Å²) >= 11 is 0. The molecule has 0 aromatic carbocycles. The Morgan fingerprint density at radius 2 is 2.00 bits per heavy atom. The van der Waals surface area contributed by atoms with Gasteiger partial charge in [-0.05, 0) is 33.6 Å². The summed E-state index contributed by atoms with van der Waals surface area (Å²) < 4.78 is 10.0. The van der Waals surface area contributed by atoms with Gasteiger partial charge in [0.1, 0.15) is 5.60 Å². The van der Waals surface area contributed by atoms with Gasteiger partial charge in [0.25, 0.3) is 0 Å². The average molecular weight is 229 g/mol. The van der Waals surface area contributed by atoms with Gasteiger partial charge in [-0.2, -0.15) is 0 Å². The molecule has 0 fully saturated rings. The van der Waals surface area contributed by atoms with Crippen LogP contribution in [0.15, 0.2) is 12.2 Å². The Kier molecular flexibility index (Phi) is 6.29. The van der Waals surface area contributed by atoms with Gasteiger partial charge in [-0.3, -0.25) is 0 Å². The molecule has 0 saturated heterocycles. The number of hydrogen-bond donors (Lipinski definition) is 0. The van der Waals surface area contributed by atoms with Crippen LogP contribution in [0.3, 0.4) is 0 Å². The first kappa shape index (κ1) is 15.1. The molecule has 1 radical (unpaired) electrons. The first-order chi connectivity index (χ1) is 7.29. The molecule has 93 valence electrons. The Labute approximate surface area is 97.2 Å². The van der Waals surface area contributed by atoms with Crippen LogP contribution in [0.1, 0.15) is 33.6 Å². The summed E-state index contributed by atoms with van der Waals surface area (Å²) in [4.78, 5) is 11.0. The lowest BCUT2D eigenvalue weighted by molar-refractivity contribution is -0.140. The van der Waals surface area contributed by atoms with Crippen LogP contribution in [0.4, 0.5) is 0 Å². The van der Waals surface area contributed by atoms with Crippen LogP contribution in [0.5, 0.6) is 0 Å². The van der Waals surface area contributed by atoms with Crippen molar-refractivity contribution in [2.75, 3.05) is 13.7 Å². The average Bonchev–Trinajstić information content (AvgIpc) is 2.15. The Morgan fingerprint density at radius 1 is 1.44 bits per heavy atom. The second-order valence-electron chi connectivity index (χ2n) is 4.39. The Balaban J connectivity index is 3.81. The highest BCUT2D eigenvalue weighted by Gasteiger charge is 2.28. The van der Waals surface area contributed by atoms with E-state index in [0.29, 0.717) is 25.0 Å². The minimum Gasteiger partial charge on any atom is -0.462 e. The summed E-state index contributed by atoms with van der Waals surface area (Å²) in [5.41, 5.74) is -0.750. The van der Waals surface area contributed by atoms with E-state index in [1.54, 1.807) is 20.8 Å². The van der Waals surface area contributed by atoms with E-state index in [1.807, 2.05) is 0 Å². The number of carbonyl (C=O) groups is 1. The van der Waals surface area contributed by atoms with E-state index < -0.39 is 11.6 Å². The van der Waals surface area contributed by atoms with Crippen LogP contribution in [0, 0.1) is 0 Å². The zero-order valence-corrected chi connectivity index (χ0v) is 10.5. The van der Waals surface area contributed by atoms with E-state index in [2.05, 4.69) is 6.58 Å². The summed E-state index contributed by atoms with van der Waals surface area (Å²) in [6.45, 7) is 8.54. The van der Waals surface area contributed by atoms with Gasteiger partial charge in [0.15, 0.2) is 0 Å². The second kappa shape index (κ2) is 6.66. The second-order valence-corrected chi connectivity index (χ2v) is 4.39. The molecular formula is C12H21O4. The van der Waals surface area contributed by atoms with Crippen molar-refractivity contribution < 1.29 is 19.4 Å². The molecule has 16 heavy (non-hydrogen) atoms. The summed E-state index contributed by atoms with van der Waals surface area (Å²) in [7, 11) is 1.52. The molecule has 0 bridgehead atoms. The van der Waals surface area contributed by atoms with E-state index in [4.69, 9.17) is 9.47 Å². The van der Waals surface area contributed by atoms with Gasteiger partial charge in [0, 0.05) is 12.7 Å². The van der Waals surface area contributed by atoms with E-state index >= 15 is 0 Å². The van der Waals surface area contributed by atoms with Crippen molar-refractivity contribution in [1.82, 2.24) is 0 Å². The van der Waals surface area contributed by atoms with Crippen molar-refractivity contribution in [2.45, 2.75) is 45.3 Å². The SMILES string of the molecule is C=C(C)C(=O)OCCCC(OC)C(C)(C)[O]. The lowest BCUT2D eigenvalue weighted by Crippen LogP contribution is -2.36. The third-order valence-corrected chi connectivity index (χ3v) is 2.25. The zero-order valence-electron chi connectivity index (χ0n) is 10.5. The maximum absolute atomic E-state index is 11.6. The van der Waals surface area contributed by atoms with Gasteiger partial charge >= 0.3 is 5.97 Å². The molecular weight excluding hydrogens is 208 g/mol. The maximum atomic E-state index is 11.6. The van der Waals surface area contributed by atoms with Crippen molar-refractivity contribution in [3.05, 3.63) is 12.2 Å². The fourth-order valence-corrected chi connectivity index (χ4v) is 1.31.